The zero-order valence-electron chi connectivity index (χ0n) is 26.1. The van der Waals surface area contributed by atoms with Crippen LogP contribution in [0.5, 0.6) is 5.75 Å². The molecular weight excluding hydrogens is 558 g/mol. The Morgan fingerprint density at radius 1 is 1.09 bits per heavy atom. The van der Waals surface area contributed by atoms with Crippen molar-refractivity contribution in [3.05, 3.63) is 53.3 Å². The number of benzene rings is 1. The fourth-order valence-electron chi connectivity index (χ4n) is 5.97. The predicted molar refractivity (Wildman–Crippen MR) is 161 cm³/mol. The van der Waals surface area contributed by atoms with E-state index < -0.39 is 23.6 Å². The van der Waals surface area contributed by atoms with Gasteiger partial charge >= 0.3 is 12.1 Å². The van der Waals surface area contributed by atoms with Crippen molar-refractivity contribution in [2.45, 2.75) is 71.4 Å². The summed E-state index contributed by atoms with van der Waals surface area (Å²) in [6, 6.07) is 9.00. The number of halogens is 2. The summed E-state index contributed by atoms with van der Waals surface area (Å²) in [4.78, 5) is 30.0. The highest BCUT2D eigenvalue weighted by Gasteiger charge is 2.56. The maximum Gasteiger partial charge on any atom is 0.419 e. The van der Waals surface area contributed by atoms with E-state index in [1.807, 2.05) is 39.8 Å². The largest absolute Gasteiger partial charge is 0.496 e. The third-order valence-corrected chi connectivity index (χ3v) is 8.01. The minimum absolute atomic E-state index is 0.0324. The molecule has 1 aromatic carbocycles. The predicted octanol–water partition coefficient (Wildman–Crippen LogP) is 6.66. The van der Waals surface area contributed by atoms with Crippen molar-refractivity contribution in [2.75, 3.05) is 39.7 Å². The average Bonchev–Trinajstić information content (AvgIpc) is 3.40. The quantitative estimate of drug-likeness (QED) is 0.325. The number of methoxy groups -OCH3 is 2. The van der Waals surface area contributed by atoms with Crippen molar-refractivity contribution < 1.29 is 32.6 Å². The number of carbonyl (C=O) groups is 2. The lowest BCUT2D eigenvalue weighted by Gasteiger charge is -2.51. The van der Waals surface area contributed by atoms with Gasteiger partial charge in [0.25, 0.3) is 0 Å². The van der Waals surface area contributed by atoms with E-state index in [2.05, 4.69) is 19.9 Å². The molecule has 0 amide bonds. The van der Waals surface area contributed by atoms with E-state index in [0.29, 0.717) is 18.1 Å². The molecule has 1 saturated carbocycles. The molecule has 11 heteroatoms. The molecule has 0 bridgehead atoms. The zero-order chi connectivity index (χ0) is 31.6. The lowest BCUT2D eigenvalue weighted by Crippen LogP contribution is -2.52. The van der Waals surface area contributed by atoms with E-state index >= 15 is 0 Å². The highest BCUT2D eigenvalue weighted by molar-refractivity contribution is 5.95. The number of nitrogens with one attached hydrogen (secondary N) is 1. The van der Waals surface area contributed by atoms with Crippen LogP contribution in [0.3, 0.4) is 0 Å². The van der Waals surface area contributed by atoms with Crippen molar-refractivity contribution in [1.29, 1.82) is 0 Å². The Balaban J connectivity index is 0.000000296. The molecule has 0 unspecified atom stereocenters. The summed E-state index contributed by atoms with van der Waals surface area (Å²) >= 11 is 0. The summed E-state index contributed by atoms with van der Waals surface area (Å²) in [6.07, 6.45) is 3.01. The molecule has 9 nitrogen and oxygen atoms in total. The molecule has 1 aliphatic carbocycles. The Kier molecular flexibility index (Phi) is 9.34. The number of ether oxygens (including phenoxy) is 3. The Hall–Kier alpha value is -3.73. The number of alkyl halides is 2. The maximum absolute atomic E-state index is 13.4. The van der Waals surface area contributed by atoms with Gasteiger partial charge in [-0.1, -0.05) is 6.07 Å². The number of carbonyl (C=O) groups excluding carboxylic acids is 2. The van der Waals surface area contributed by atoms with E-state index in [9.17, 15) is 18.4 Å². The molecule has 5 rings (SSSR count). The molecule has 1 spiro atoms. The van der Waals surface area contributed by atoms with Crippen LogP contribution in [0.1, 0.15) is 68.1 Å². The summed E-state index contributed by atoms with van der Waals surface area (Å²) in [5, 5.41) is 3.78. The van der Waals surface area contributed by atoms with Crippen LogP contribution in [0.2, 0.25) is 0 Å². The molecule has 43 heavy (non-hydrogen) atoms. The zero-order valence-corrected chi connectivity index (χ0v) is 26.1. The first-order valence-corrected chi connectivity index (χ1v) is 14.4. The van der Waals surface area contributed by atoms with Gasteiger partial charge in [-0.05, 0) is 88.9 Å². The molecule has 1 saturated heterocycles. The van der Waals surface area contributed by atoms with Gasteiger partial charge < -0.3 is 19.5 Å². The Labute approximate surface area is 251 Å². The van der Waals surface area contributed by atoms with Crippen LogP contribution in [0.15, 0.2) is 36.5 Å². The Morgan fingerprint density at radius 2 is 1.77 bits per heavy atom. The van der Waals surface area contributed by atoms with Gasteiger partial charge in [0.05, 0.1) is 19.7 Å². The number of aromatic nitrogens is 2. The first-order valence-electron chi connectivity index (χ1n) is 14.4. The van der Waals surface area contributed by atoms with E-state index in [0.717, 1.165) is 53.7 Å². The van der Waals surface area contributed by atoms with Gasteiger partial charge in [0.1, 0.15) is 17.2 Å². The van der Waals surface area contributed by atoms with Crippen LogP contribution >= 0.6 is 0 Å². The number of hydrogen-bond donors (Lipinski definition) is 1. The number of esters is 1. The van der Waals surface area contributed by atoms with Crippen molar-refractivity contribution in [3.8, 4) is 5.75 Å². The number of piperidine rings is 1. The van der Waals surface area contributed by atoms with Gasteiger partial charge in [-0.2, -0.15) is 0 Å². The minimum atomic E-state index is -2.47. The monoisotopic (exact) mass is 600 g/mol. The topological polar surface area (TPSA) is 94.9 Å². The lowest BCUT2D eigenvalue weighted by atomic mass is 9.61. The number of fused-ring (bicyclic) bond motifs is 1. The second kappa shape index (κ2) is 12.5. The van der Waals surface area contributed by atoms with Gasteiger partial charge in [0.2, 0.25) is 5.92 Å². The first-order chi connectivity index (χ1) is 20.2. The summed E-state index contributed by atoms with van der Waals surface area (Å²) in [7, 11) is 4.72. The minimum Gasteiger partial charge on any atom is -0.496 e. The number of rotatable bonds is 5. The lowest BCUT2D eigenvalue weighted by molar-refractivity contribution is -0.178. The van der Waals surface area contributed by atoms with E-state index in [4.69, 9.17) is 9.47 Å². The van der Waals surface area contributed by atoms with Crippen molar-refractivity contribution in [2.24, 2.45) is 5.41 Å². The summed E-state index contributed by atoms with van der Waals surface area (Å²) in [5.41, 5.74) is 2.31. The van der Waals surface area contributed by atoms with Crippen LogP contribution in [0.4, 0.5) is 19.4 Å². The normalized spacial score (nSPS) is 17.4. The molecule has 3 aromatic rings. The number of nitrogens with zero attached hydrogens (tertiary/aromatic N) is 3. The highest BCUT2D eigenvalue weighted by Crippen LogP contribution is 2.57. The van der Waals surface area contributed by atoms with Crippen LogP contribution < -0.4 is 10.1 Å². The summed E-state index contributed by atoms with van der Waals surface area (Å²) in [5.74, 6) is -1.47. The van der Waals surface area contributed by atoms with Crippen LogP contribution in [-0.4, -0.2) is 72.4 Å². The average molecular weight is 601 g/mol. The van der Waals surface area contributed by atoms with Crippen molar-refractivity contribution in [1.82, 2.24) is 14.5 Å². The van der Waals surface area contributed by atoms with Gasteiger partial charge in [0.15, 0.2) is 5.69 Å². The SMILES string of the molecule is CNc1cccc(C(=O)OC)n1.COc1cc(C)c2c(ccn2C(=O)OC(C)(C)C)c1CN1CCC2(CC1)CC(F)(F)C2. The fourth-order valence-corrected chi connectivity index (χ4v) is 5.97. The number of aryl methyl sites for hydroxylation is 1. The molecule has 0 atom stereocenters. The van der Waals surface area contributed by atoms with Crippen molar-refractivity contribution >= 4 is 28.8 Å². The van der Waals surface area contributed by atoms with E-state index in [1.165, 1.54) is 7.11 Å². The summed E-state index contributed by atoms with van der Waals surface area (Å²) < 4.78 is 44.2. The van der Waals surface area contributed by atoms with E-state index in [-0.39, 0.29) is 18.3 Å². The number of hydrogen-bond acceptors (Lipinski definition) is 8. The summed E-state index contributed by atoms with van der Waals surface area (Å²) in [6.45, 7) is 9.74. The molecule has 1 aliphatic heterocycles. The fraction of sp³-hybridized carbons (Fsp3) is 0.531. The van der Waals surface area contributed by atoms with Crippen LogP contribution in [-0.2, 0) is 16.0 Å². The highest BCUT2D eigenvalue weighted by atomic mass is 19.3. The van der Waals surface area contributed by atoms with Gasteiger partial charge in [-0.25, -0.2) is 23.4 Å². The molecule has 2 aromatic heterocycles. The molecule has 2 fully saturated rings. The standard InChI is InChI=1S/C24H32F2N2O3.C8H10N2O2/c1-16-12-19(30-5)18(13-27-10-7-23(8-11-27)14-24(25,26)15-23)17-6-9-28(20(16)17)21(29)31-22(2,3)4;1-9-7-5-3-4-6(10-7)8(11)12-2/h6,9,12H,7-8,10-11,13-15H2,1-5H3;3-5H,1-2H3,(H,9,10). The third kappa shape index (κ3) is 7.44. The third-order valence-electron chi connectivity index (χ3n) is 8.01. The Bertz CT molecular complexity index is 1460. The maximum atomic E-state index is 13.4. The number of anilines is 1. The Morgan fingerprint density at radius 3 is 2.33 bits per heavy atom. The molecular formula is C32H42F2N4O5. The van der Waals surface area contributed by atoms with Gasteiger partial charge in [0, 0.05) is 43.6 Å². The molecule has 2 aliphatic rings. The molecule has 1 N–H and O–H groups in total. The second-order valence-electron chi connectivity index (χ2n) is 12.4. The van der Waals surface area contributed by atoms with Crippen LogP contribution in [0, 0.1) is 12.3 Å². The second-order valence-corrected chi connectivity index (χ2v) is 12.4. The van der Waals surface area contributed by atoms with Gasteiger partial charge in [-0.15, -0.1) is 0 Å². The van der Waals surface area contributed by atoms with Crippen LogP contribution in [0.25, 0.3) is 10.9 Å². The number of pyridine rings is 1. The first kappa shape index (κ1) is 32.2. The smallest absolute Gasteiger partial charge is 0.419 e. The molecule has 234 valence electrons. The molecule has 3 heterocycles. The van der Waals surface area contributed by atoms with Gasteiger partial charge in [-0.3, -0.25) is 9.47 Å². The number of likely N-dealkylation sites (tertiary alicyclic amines) is 1. The van der Waals surface area contributed by atoms with Crippen molar-refractivity contribution in [3.63, 3.8) is 0 Å². The van der Waals surface area contributed by atoms with E-state index in [1.54, 1.807) is 43.1 Å². The molecule has 0 radical (unpaired) electrons.